The maximum atomic E-state index is 12.0. The molecule has 0 spiro atoms. The van der Waals surface area contributed by atoms with Gasteiger partial charge in [-0.1, -0.05) is 37.2 Å². The molecule has 3 rings (SSSR count). The van der Waals surface area contributed by atoms with Crippen LogP contribution in [0, 0.1) is 0 Å². The largest absolute Gasteiger partial charge is 0.454 e. The van der Waals surface area contributed by atoms with Crippen molar-refractivity contribution in [3.63, 3.8) is 0 Å². The first-order chi connectivity index (χ1) is 11.7. The smallest absolute Gasteiger partial charge is 0.250 e. The molecule has 2 aromatic rings. The summed E-state index contributed by atoms with van der Waals surface area (Å²) in [5.74, 6) is 1.18. The van der Waals surface area contributed by atoms with Crippen LogP contribution in [-0.4, -0.2) is 22.9 Å². The van der Waals surface area contributed by atoms with E-state index >= 15 is 0 Å². The molecule has 0 saturated carbocycles. The molecular weight excluding hydrogens is 326 g/mol. The number of aryl methyl sites for hydroxylation is 1. The number of benzene rings is 1. The number of unbranched alkanes of at least 4 members (excludes halogenated alkanes) is 2. The standard InChI is InChI=1S/C17H19N3O3S/c1-2-3-4-5-16-19-20-17(24-16)18-15(21)9-7-12-6-8-13-14(10-12)23-11-22-13/h6-10H,2-5,11H2,1H3,(H,18,20,21)/b9-7+. The van der Waals surface area contributed by atoms with E-state index < -0.39 is 0 Å². The van der Waals surface area contributed by atoms with Gasteiger partial charge < -0.3 is 9.47 Å². The van der Waals surface area contributed by atoms with Gasteiger partial charge in [-0.05, 0) is 30.2 Å². The maximum absolute atomic E-state index is 12.0. The van der Waals surface area contributed by atoms with Gasteiger partial charge in [-0.15, -0.1) is 10.2 Å². The van der Waals surface area contributed by atoms with Gasteiger partial charge in [-0.2, -0.15) is 0 Å². The Morgan fingerprint density at radius 1 is 1.29 bits per heavy atom. The molecule has 1 amide bonds. The van der Waals surface area contributed by atoms with E-state index in [-0.39, 0.29) is 12.7 Å². The Kier molecular flexibility index (Phi) is 5.43. The fraction of sp³-hybridized carbons (Fsp3) is 0.353. The van der Waals surface area contributed by atoms with Crippen molar-refractivity contribution in [2.45, 2.75) is 32.6 Å². The van der Waals surface area contributed by atoms with Gasteiger partial charge in [0.2, 0.25) is 17.8 Å². The summed E-state index contributed by atoms with van der Waals surface area (Å²) >= 11 is 1.43. The van der Waals surface area contributed by atoms with Gasteiger partial charge in [0.25, 0.3) is 0 Å². The minimum atomic E-state index is -0.232. The van der Waals surface area contributed by atoms with Gasteiger partial charge in [0, 0.05) is 12.5 Å². The van der Waals surface area contributed by atoms with Crippen LogP contribution < -0.4 is 14.8 Å². The molecule has 1 aliphatic rings. The average Bonchev–Trinajstić information content (AvgIpc) is 3.22. The third kappa shape index (κ3) is 4.32. The van der Waals surface area contributed by atoms with E-state index in [1.807, 2.05) is 18.2 Å². The molecule has 1 aromatic heterocycles. The zero-order valence-electron chi connectivity index (χ0n) is 13.4. The van der Waals surface area contributed by atoms with Crippen LogP contribution in [0.1, 0.15) is 36.8 Å². The Hall–Kier alpha value is -2.41. The quantitative estimate of drug-likeness (QED) is 0.612. The number of hydrogen-bond donors (Lipinski definition) is 1. The van der Waals surface area contributed by atoms with Crippen molar-refractivity contribution in [3.8, 4) is 11.5 Å². The lowest BCUT2D eigenvalue weighted by atomic mass is 10.2. The van der Waals surface area contributed by atoms with E-state index in [1.165, 1.54) is 30.3 Å². The molecule has 0 saturated heterocycles. The van der Waals surface area contributed by atoms with Crippen LogP contribution in [0.5, 0.6) is 11.5 Å². The first-order valence-corrected chi connectivity index (χ1v) is 8.77. The average molecular weight is 345 g/mol. The molecule has 1 aliphatic heterocycles. The molecule has 1 N–H and O–H groups in total. The molecule has 6 nitrogen and oxygen atoms in total. The normalized spacial score (nSPS) is 12.7. The molecule has 0 bridgehead atoms. The lowest BCUT2D eigenvalue weighted by Crippen LogP contribution is -2.07. The number of nitrogens with one attached hydrogen (secondary N) is 1. The molecule has 0 unspecified atom stereocenters. The number of fused-ring (bicyclic) bond motifs is 1. The fourth-order valence-electron chi connectivity index (χ4n) is 2.27. The highest BCUT2D eigenvalue weighted by Gasteiger charge is 2.12. The first kappa shape index (κ1) is 16.4. The summed E-state index contributed by atoms with van der Waals surface area (Å²) in [6.45, 7) is 2.40. The highest BCUT2D eigenvalue weighted by atomic mass is 32.1. The Labute approximate surface area is 144 Å². The maximum Gasteiger partial charge on any atom is 0.250 e. The number of carbonyl (C=O) groups is 1. The third-order valence-corrected chi connectivity index (χ3v) is 4.41. The summed E-state index contributed by atoms with van der Waals surface area (Å²) in [5, 5.41) is 12.3. The van der Waals surface area contributed by atoms with Crippen LogP contribution in [-0.2, 0) is 11.2 Å². The zero-order valence-corrected chi connectivity index (χ0v) is 14.3. The van der Waals surface area contributed by atoms with Crippen LogP contribution in [0.4, 0.5) is 5.13 Å². The Morgan fingerprint density at radius 2 is 2.17 bits per heavy atom. The molecule has 24 heavy (non-hydrogen) atoms. The van der Waals surface area contributed by atoms with Crippen molar-refractivity contribution in [2.75, 3.05) is 12.1 Å². The van der Waals surface area contributed by atoms with Crippen LogP contribution in [0.3, 0.4) is 0 Å². The van der Waals surface area contributed by atoms with E-state index in [0.717, 1.165) is 29.2 Å². The van der Waals surface area contributed by atoms with E-state index in [2.05, 4.69) is 22.4 Å². The lowest BCUT2D eigenvalue weighted by Gasteiger charge is -1.98. The summed E-state index contributed by atoms with van der Waals surface area (Å²) < 4.78 is 10.6. The van der Waals surface area contributed by atoms with Gasteiger partial charge in [-0.25, -0.2) is 0 Å². The monoisotopic (exact) mass is 345 g/mol. The molecule has 0 aliphatic carbocycles. The fourth-order valence-corrected chi connectivity index (χ4v) is 3.05. The highest BCUT2D eigenvalue weighted by molar-refractivity contribution is 7.15. The van der Waals surface area contributed by atoms with Gasteiger partial charge in [0.05, 0.1) is 0 Å². The van der Waals surface area contributed by atoms with Gasteiger partial charge >= 0.3 is 0 Å². The number of amides is 1. The Morgan fingerprint density at radius 3 is 3.04 bits per heavy atom. The molecule has 2 heterocycles. The zero-order chi connectivity index (χ0) is 16.8. The predicted octanol–water partition coefficient (Wildman–Crippen LogP) is 3.65. The molecule has 0 atom stereocenters. The summed E-state index contributed by atoms with van der Waals surface area (Å²) in [6.07, 6.45) is 7.56. The molecule has 0 fully saturated rings. The van der Waals surface area contributed by atoms with Crippen molar-refractivity contribution < 1.29 is 14.3 Å². The second-order valence-electron chi connectivity index (χ2n) is 5.39. The van der Waals surface area contributed by atoms with Crippen LogP contribution >= 0.6 is 11.3 Å². The van der Waals surface area contributed by atoms with Crippen LogP contribution in [0.15, 0.2) is 24.3 Å². The molecule has 0 radical (unpaired) electrons. The van der Waals surface area contributed by atoms with Crippen molar-refractivity contribution in [2.24, 2.45) is 0 Å². The number of carbonyl (C=O) groups excluding carboxylic acids is 1. The minimum Gasteiger partial charge on any atom is -0.454 e. The Balaban J connectivity index is 1.53. The first-order valence-electron chi connectivity index (χ1n) is 7.95. The lowest BCUT2D eigenvalue weighted by molar-refractivity contribution is -0.111. The SMILES string of the molecule is CCCCCc1nnc(NC(=O)/C=C/c2ccc3c(c2)OCO3)s1. The molecular formula is C17H19N3O3S. The minimum absolute atomic E-state index is 0.232. The number of ether oxygens (including phenoxy) is 2. The van der Waals surface area contributed by atoms with E-state index in [4.69, 9.17) is 9.47 Å². The number of rotatable bonds is 7. The number of hydrogen-bond acceptors (Lipinski definition) is 6. The molecule has 7 heteroatoms. The van der Waals surface area contributed by atoms with E-state index in [1.54, 1.807) is 6.08 Å². The van der Waals surface area contributed by atoms with Crippen molar-refractivity contribution in [3.05, 3.63) is 34.8 Å². The summed E-state index contributed by atoms with van der Waals surface area (Å²) in [5.41, 5.74) is 0.868. The summed E-state index contributed by atoms with van der Waals surface area (Å²) in [6, 6.07) is 5.53. The Bertz CT molecular complexity index is 742. The topological polar surface area (TPSA) is 73.3 Å². The third-order valence-electron chi connectivity index (χ3n) is 3.51. The molecule has 126 valence electrons. The van der Waals surface area contributed by atoms with E-state index in [9.17, 15) is 4.79 Å². The van der Waals surface area contributed by atoms with E-state index in [0.29, 0.717) is 10.9 Å². The van der Waals surface area contributed by atoms with Crippen molar-refractivity contribution >= 4 is 28.5 Å². The van der Waals surface area contributed by atoms with Crippen LogP contribution in [0.2, 0.25) is 0 Å². The van der Waals surface area contributed by atoms with Crippen LogP contribution in [0.25, 0.3) is 6.08 Å². The molecule has 1 aromatic carbocycles. The number of aromatic nitrogens is 2. The number of anilines is 1. The predicted molar refractivity (Wildman–Crippen MR) is 93.4 cm³/mol. The highest BCUT2D eigenvalue weighted by Crippen LogP contribution is 2.32. The summed E-state index contributed by atoms with van der Waals surface area (Å²) in [7, 11) is 0. The van der Waals surface area contributed by atoms with Gasteiger partial charge in [0.1, 0.15) is 5.01 Å². The summed E-state index contributed by atoms with van der Waals surface area (Å²) in [4.78, 5) is 12.0. The van der Waals surface area contributed by atoms with Gasteiger partial charge in [0.15, 0.2) is 11.5 Å². The number of nitrogens with zero attached hydrogens (tertiary/aromatic N) is 2. The second kappa shape index (κ2) is 7.92. The second-order valence-corrected chi connectivity index (χ2v) is 6.46. The van der Waals surface area contributed by atoms with Gasteiger partial charge in [-0.3, -0.25) is 10.1 Å². The van der Waals surface area contributed by atoms with Crippen molar-refractivity contribution in [1.29, 1.82) is 0 Å². The van der Waals surface area contributed by atoms with Crippen molar-refractivity contribution in [1.82, 2.24) is 10.2 Å².